The first-order valence-electron chi connectivity index (χ1n) is 5.06. The second-order valence-electron chi connectivity index (χ2n) is 4.67. The summed E-state index contributed by atoms with van der Waals surface area (Å²) in [6, 6.07) is 0. The molecule has 0 heterocycles. The molecule has 0 saturated heterocycles. The zero-order chi connectivity index (χ0) is 8.93. The first-order chi connectivity index (χ1) is 5.59. The number of rotatable bonds is 0. The van der Waals surface area contributed by atoms with Crippen LogP contribution in [0.4, 0.5) is 0 Å². The molecule has 1 fully saturated rings. The normalized spacial score (nSPS) is 38.9. The first kappa shape index (κ1) is 8.15. The van der Waals surface area contributed by atoms with Crippen LogP contribution in [0.2, 0.25) is 0 Å². The van der Waals surface area contributed by atoms with Crippen LogP contribution in [-0.2, 0) is 0 Å². The fourth-order valence-electron chi connectivity index (χ4n) is 3.16. The van der Waals surface area contributed by atoms with Crippen LogP contribution in [0.3, 0.4) is 0 Å². The van der Waals surface area contributed by atoms with Gasteiger partial charge >= 0.3 is 0 Å². The Morgan fingerprint density at radius 1 is 1.25 bits per heavy atom. The molecule has 2 rings (SSSR count). The molecular weight excluding hydrogens is 146 g/mol. The lowest BCUT2D eigenvalue weighted by Crippen LogP contribution is -2.39. The largest absolute Gasteiger partial charge is 0.402 e. The van der Waals surface area contributed by atoms with Crippen LogP contribution in [0.1, 0.15) is 40.0 Å². The molecule has 1 spiro atoms. The Morgan fingerprint density at radius 2 is 1.83 bits per heavy atom. The summed E-state index contributed by atoms with van der Waals surface area (Å²) in [6.07, 6.45) is 4.20. The van der Waals surface area contributed by atoms with E-state index in [4.69, 9.17) is 5.73 Å². The van der Waals surface area contributed by atoms with Crippen molar-refractivity contribution in [3.05, 3.63) is 11.3 Å². The first-order valence-corrected chi connectivity index (χ1v) is 5.06. The van der Waals surface area contributed by atoms with Gasteiger partial charge in [-0.1, -0.05) is 25.8 Å². The Kier molecular flexibility index (Phi) is 1.54. The summed E-state index contributed by atoms with van der Waals surface area (Å²) in [5.74, 6) is 1.38. The Hall–Kier alpha value is -0.460. The number of nitrogens with two attached hydrogens (primary N) is 1. The Balaban J connectivity index is 2.33. The van der Waals surface area contributed by atoms with E-state index in [9.17, 15) is 0 Å². The van der Waals surface area contributed by atoms with E-state index in [1.807, 2.05) is 0 Å². The van der Waals surface area contributed by atoms with Crippen molar-refractivity contribution in [2.75, 3.05) is 0 Å². The van der Waals surface area contributed by atoms with E-state index in [0.717, 1.165) is 5.92 Å². The fourth-order valence-corrected chi connectivity index (χ4v) is 3.16. The molecule has 68 valence electrons. The zero-order valence-corrected chi connectivity index (χ0v) is 8.35. The molecule has 1 heteroatoms. The van der Waals surface area contributed by atoms with Gasteiger partial charge in [0.1, 0.15) is 0 Å². The van der Waals surface area contributed by atoms with E-state index in [2.05, 4.69) is 20.8 Å². The quantitative estimate of drug-likeness (QED) is 0.586. The van der Waals surface area contributed by atoms with Crippen molar-refractivity contribution in [1.82, 2.24) is 0 Å². The summed E-state index contributed by atoms with van der Waals surface area (Å²) >= 11 is 0. The maximum atomic E-state index is 6.08. The van der Waals surface area contributed by atoms with Gasteiger partial charge in [0, 0.05) is 11.6 Å². The number of allylic oxidation sites excluding steroid dienone is 2. The van der Waals surface area contributed by atoms with E-state index in [1.165, 1.54) is 30.5 Å². The molecule has 2 aliphatic rings. The lowest BCUT2D eigenvalue weighted by molar-refractivity contribution is 0.0482. The van der Waals surface area contributed by atoms with Gasteiger partial charge in [0.05, 0.1) is 0 Å². The second kappa shape index (κ2) is 2.27. The summed E-state index contributed by atoms with van der Waals surface area (Å²) in [7, 11) is 0. The maximum absolute atomic E-state index is 6.08. The lowest BCUT2D eigenvalue weighted by atomic mass is 9.58. The average molecular weight is 165 g/mol. The highest BCUT2D eigenvalue weighted by Gasteiger charge is 2.51. The Bertz CT molecular complexity index is 215. The SMILES string of the molecule is CC1=C(N)C(C)C2(CCC2)C1C. The molecule has 0 bridgehead atoms. The van der Waals surface area contributed by atoms with Gasteiger partial charge in [0.15, 0.2) is 0 Å². The van der Waals surface area contributed by atoms with Crippen molar-refractivity contribution in [2.24, 2.45) is 23.0 Å². The summed E-state index contributed by atoms with van der Waals surface area (Å²) in [6.45, 7) is 6.87. The van der Waals surface area contributed by atoms with Gasteiger partial charge in [-0.3, -0.25) is 0 Å². The third-order valence-electron chi connectivity index (χ3n) is 4.58. The second-order valence-corrected chi connectivity index (χ2v) is 4.67. The molecule has 0 radical (unpaired) electrons. The molecule has 2 atom stereocenters. The summed E-state index contributed by atoms with van der Waals surface area (Å²) in [5.41, 5.74) is 9.30. The van der Waals surface area contributed by atoms with Gasteiger partial charge in [-0.15, -0.1) is 0 Å². The molecule has 2 unspecified atom stereocenters. The van der Waals surface area contributed by atoms with Gasteiger partial charge in [-0.05, 0) is 31.1 Å². The van der Waals surface area contributed by atoms with Crippen molar-refractivity contribution in [2.45, 2.75) is 40.0 Å². The molecule has 0 amide bonds. The van der Waals surface area contributed by atoms with Crippen LogP contribution in [0, 0.1) is 17.3 Å². The molecule has 0 aliphatic heterocycles. The summed E-state index contributed by atoms with van der Waals surface area (Å²) < 4.78 is 0. The van der Waals surface area contributed by atoms with E-state index < -0.39 is 0 Å². The summed E-state index contributed by atoms with van der Waals surface area (Å²) in [5, 5.41) is 0. The van der Waals surface area contributed by atoms with Crippen LogP contribution in [0.15, 0.2) is 11.3 Å². The van der Waals surface area contributed by atoms with Crippen molar-refractivity contribution < 1.29 is 0 Å². The maximum Gasteiger partial charge on any atom is 0.0107 e. The van der Waals surface area contributed by atoms with Crippen LogP contribution >= 0.6 is 0 Å². The zero-order valence-electron chi connectivity index (χ0n) is 8.35. The molecule has 0 aromatic carbocycles. The van der Waals surface area contributed by atoms with Gasteiger partial charge in [-0.25, -0.2) is 0 Å². The molecule has 1 saturated carbocycles. The van der Waals surface area contributed by atoms with E-state index >= 15 is 0 Å². The van der Waals surface area contributed by atoms with Crippen LogP contribution < -0.4 is 5.73 Å². The average Bonchev–Trinajstić information content (AvgIpc) is 2.13. The smallest absolute Gasteiger partial charge is 0.0107 e. The van der Waals surface area contributed by atoms with Crippen molar-refractivity contribution >= 4 is 0 Å². The molecule has 0 aromatic heterocycles. The standard InChI is InChI=1S/C11H19N/c1-7-8(2)11(5-4-6-11)9(3)10(7)12/h8-9H,4-6,12H2,1-3H3. The third kappa shape index (κ3) is 0.699. The lowest BCUT2D eigenvalue weighted by Gasteiger charge is -2.46. The highest BCUT2D eigenvalue weighted by molar-refractivity contribution is 5.28. The molecule has 2 aliphatic carbocycles. The predicted octanol–water partition coefficient (Wildman–Crippen LogP) is 2.68. The van der Waals surface area contributed by atoms with Gasteiger partial charge in [0.25, 0.3) is 0 Å². The third-order valence-corrected chi connectivity index (χ3v) is 4.58. The summed E-state index contributed by atoms with van der Waals surface area (Å²) in [4.78, 5) is 0. The fraction of sp³-hybridized carbons (Fsp3) is 0.818. The van der Waals surface area contributed by atoms with Crippen LogP contribution in [0.5, 0.6) is 0 Å². The molecule has 12 heavy (non-hydrogen) atoms. The van der Waals surface area contributed by atoms with Crippen LogP contribution in [0.25, 0.3) is 0 Å². The minimum absolute atomic E-state index is 0.578. The van der Waals surface area contributed by atoms with Gasteiger partial charge in [0.2, 0.25) is 0 Å². The highest BCUT2D eigenvalue weighted by atomic mass is 14.7. The van der Waals surface area contributed by atoms with E-state index in [1.54, 1.807) is 0 Å². The number of hydrogen-bond acceptors (Lipinski definition) is 1. The Labute approximate surface area is 75.0 Å². The Morgan fingerprint density at radius 3 is 2.00 bits per heavy atom. The number of hydrogen-bond donors (Lipinski definition) is 1. The minimum Gasteiger partial charge on any atom is -0.402 e. The van der Waals surface area contributed by atoms with Crippen molar-refractivity contribution in [3.8, 4) is 0 Å². The monoisotopic (exact) mass is 165 g/mol. The van der Waals surface area contributed by atoms with E-state index in [0.29, 0.717) is 11.3 Å². The van der Waals surface area contributed by atoms with Crippen molar-refractivity contribution in [3.63, 3.8) is 0 Å². The van der Waals surface area contributed by atoms with Crippen molar-refractivity contribution in [1.29, 1.82) is 0 Å². The van der Waals surface area contributed by atoms with Crippen LogP contribution in [-0.4, -0.2) is 0 Å². The van der Waals surface area contributed by atoms with Gasteiger partial charge in [-0.2, -0.15) is 0 Å². The highest BCUT2D eigenvalue weighted by Crippen LogP contribution is 2.60. The molecule has 2 N–H and O–H groups in total. The van der Waals surface area contributed by atoms with Gasteiger partial charge < -0.3 is 5.73 Å². The molecular formula is C11H19N. The molecule has 1 nitrogen and oxygen atoms in total. The predicted molar refractivity (Wildman–Crippen MR) is 51.5 cm³/mol. The molecule has 0 aromatic rings. The van der Waals surface area contributed by atoms with E-state index in [-0.39, 0.29) is 0 Å². The minimum atomic E-state index is 0.578. The topological polar surface area (TPSA) is 26.0 Å².